The number of aliphatic hydroxyl groups excluding tert-OH is 1. The molecule has 0 spiro atoms. The van der Waals surface area contributed by atoms with E-state index in [0.717, 1.165) is 5.57 Å². The Bertz CT molecular complexity index is 712. The Morgan fingerprint density at radius 3 is 2.77 bits per heavy atom. The third kappa shape index (κ3) is 4.02. The summed E-state index contributed by atoms with van der Waals surface area (Å²) in [5.41, 5.74) is 1.54. The van der Waals surface area contributed by atoms with E-state index in [4.69, 9.17) is 9.47 Å². The number of rotatable bonds is 3. The summed E-state index contributed by atoms with van der Waals surface area (Å²) < 4.78 is 10.9. The van der Waals surface area contributed by atoms with Gasteiger partial charge in [0.05, 0.1) is 5.92 Å². The van der Waals surface area contributed by atoms with Crippen molar-refractivity contribution in [2.45, 2.75) is 51.9 Å². The van der Waals surface area contributed by atoms with Gasteiger partial charge in [-0.2, -0.15) is 0 Å². The highest BCUT2D eigenvalue weighted by atomic mass is 16.6. The van der Waals surface area contributed by atoms with Crippen molar-refractivity contribution >= 4 is 18.2 Å². The standard InChI is InChI=1S/C20H24O6/c1-5-12(3)19(23)26-18-16-13(4)20(24)25-15(16)9-11(2)7-6-8-14(10-21)17(18)22/h5,8-10,15-18,22H,4,6-7H2,1-3H3/b11-9?,12-5-,14-8?/t15-,16+,17+,18+/m1/s1. The summed E-state index contributed by atoms with van der Waals surface area (Å²) in [7, 11) is 0. The van der Waals surface area contributed by atoms with Crippen molar-refractivity contribution in [2.75, 3.05) is 0 Å². The molecule has 0 aromatic heterocycles. The topological polar surface area (TPSA) is 89.9 Å². The van der Waals surface area contributed by atoms with Gasteiger partial charge < -0.3 is 14.6 Å². The van der Waals surface area contributed by atoms with Gasteiger partial charge in [-0.15, -0.1) is 0 Å². The Kier molecular flexibility index (Phi) is 6.32. The van der Waals surface area contributed by atoms with Crippen LogP contribution in [0.4, 0.5) is 0 Å². The van der Waals surface area contributed by atoms with Crippen molar-refractivity contribution in [1.82, 2.24) is 0 Å². The fourth-order valence-corrected chi connectivity index (χ4v) is 3.06. The summed E-state index contributed by atoms with van der Waals surface area (Å²) in [4.78, 5) is 35.8. The van der Waals surface area contributed by atoms with Crippen molar-refractivity contribution in [3.05, 3.63) is 47.1 Å². The summed E-state index contributed by atoms with van der Waals surface area (Å²) >= 11 is 0. The van der Waals surface area contributed by atoms with Crippen LogP contribution in [0.15, 0.2) is 47.1 Å². The molecule has 2 rings (SSSR count). The second-order valence-electron chi connectivity index (χ2n) is 6.58. The number of carbonyl (C=O) groups excluding carboxylic acids is 3. The molecule has 1 fully saturated rings. The van der Waals surface area contributed by atoms with Crippen molar-refractivity contribution < 1.29 is 29.0 Å². The minimum atomic E-state index is -1.38. The molecule has 1 saturated heterocycles. The minimum absolute atomic E-state index is 0.111. The van der Waals surface area contributed by atoms with Crippen LogP contribution in [0.5, 0.6) is 0 Å². The lowest BCUT2D eigenvalue weighted by atomic mass is 9.84. The second-order valence-corrected chi connectivity index (χ2v) is 6.58. The molecular weight excluding hydrogens is 336 g/mol. The van der Waals surface area contributed by atoms with Gasteiger partial charge in [0.2, 0.25) is 0 Å². The SMILES string of the molecule is C=C1C(=O)O[C@@H]2C=C(C)CCC=C(C=O)[C@H](O)[C@@H](OC(=O)/C(C)=C\C)[C@@H]12. The highest BCUT2D eigenvalue weighted by Gasteiger charge is 2.47. The average Bonchev–Trinajstić information content (AvgIpc) is 2.88. The van der Waals surface area contributed by atoms with Crippen LogP contribution in [0.3, 0.4) is 0 Å². The van der Waals surface area contributed by atoms with E-state index in [1.165, 1.54) is 0 Å². The lowest BCUT2D eigenvalue weighted by molar-refractivity contribution is -0.153. The van der Waals surface area contributed by atoms with Gasteiger partial charge in [0, 0.05) is 16.7 Å². The number of carbonyl (C=O) groups is 3. The molecule has 0 aromatic carbocycles. The molecule has 0 bridgehead atoms. The van der Waals surface area contributed by atoms with Crippen LogP contribution in [0.1, 0.15) is 33.6 Å². The lowest BCUT2D eigenvalue weighted by Gasteiger charge is -2.30. The summed E-state index contributed by atoms with van der Waals surface area (Å²) in [6.45, 7) is 8.91. The van der Waals surface area contributed by atoms with Crippen LogP contribution in [0.2, 0.25) is 0 Å². The predicted octanol–water partition coefficient (Wildman–Crippen LogP) is 2.19. The van der Waals surface area contributed by atoms with Crippen LogP contribution in [-0.4, -0.2) is 41.6 Å². The largest absolute Gasteiger partial charge is 0.455 e. The number of ether oxygens (including phenoxy) is 2. The number of aldehydes is 1. The van der Waals surface area contributed by atoms with E-state index in [9.17, 15) is 19.5 Å². The molecule has 1 heterocycles. The summed E-state index contributed by atoms with van der Waals surface area (Å²) in [5.74, 6) is -2.01. The molecule has 0 aromatic rings. The van der Waals surface area contributed by atoms with E-state index in [-0.39, 0.29) is 11.1 Å². The summed E-state index contributed by atoms with van der Waals surface area (Å²) in [6.07, 6.45) is 3.47. The predicted molar refractivity (Wildman–Crippen MR) is 95.0 cm³/mol. The highest BCUT2D eigenvalue weighted by molar-refractivity contribution is 5.92. The Balaban J connectivity index is 2.52. The third-order valence-electron chi connectivity index (χ3n) is 4.77. The Morgan fingerprint density at radius 1 is 1.46 bits per heavy atom. The molecule has 140 valence electrons. The fourth-order valence-electron chi connectivity index (χ4n) is 3.06. The Hall–Kier alpha value is -2.47. The van der Waals surface area contributed by atoms with E-state index in [2.05, 4.69) is 6.58 Å². The van der Waals surface area contributed by atoms with Crippen molar-refractivity contribution in [3.8, 4) is 0 Å². The molecule has 1 aliphatic heterocycles. The quantitative estimate of drug-likeness (QED) is 0.359. The van der Waals surface area contributed by atoms with E-state index in [1.54, 1.807) is 32.1 Å². The van der Waals surface area contributed by atoms with Crippen LogP contribution < -0.4 is 0 Å². The van der Waals surface area contributed by atoms with Gasteiger partial charge >= 0.3 is 11.9 Å². The lowest BCUT2D eigenvalue weighted by Crippen LogP contribution is -2.43. The Morgan fingerprint density at radius 2 is 2.15 bits per heavy atom. The first-order valence-electron chi connectivity index (χ1n) is 8.54. The van der Waals surface area contributed by atoms with Gasteiger partial charge in [0.1, 0.15) is 24.6 Å². The molecule has 0 unspecified atom stereocenters. The van der Waals surface area contributed by atoms with Gasteiger partial charge in [-0.3, -0.25) is 4.79 Å². The maximum absolute atomic E-state index is 12.3. The maximum Gasteiger partial charge on any atom is 0.334 e. The fraction of sp³-hybridized carbons (Fsp3) is 0.450. The Labute approximate surface area is 152 Å². The number of allylic oxidation sites excluding steroid dienone is 3. The van der Waals surface area contributed by atoms with Gasteiger partial charge in [0.25, 0.3) is 0 Å². The monoisotopic (exact) mass is 360 g/mol. The molecular formula is C20H24O6. The molecule has 0 amide bonds. The summed E-state index contributed by atoms with van der Waals surface area (Å²) in [5, 5.41) is 10.7. The molecule has 6 nitrogen and oxygen atoms in total. The van der Waals surface area contributed by atoms with E-state index >= 15 is 0 Å². The smallest absolute Gasteiger partial charge is 0.334 e. The maximum atomic E-state index is 12.3. The molecule has 0 saturated carbocycles. The second kappa shape index (κ2) is 8.27. The van der Waals surface area contributed by atoms with Crippen molar-refractivity contribution in [3.63, 3.8) is 0 Å². The average molecular weight is 360 g/mol. The number of fused-ring (bicyclic) bond motifs is 1. The van der Waals surface area contributed by atoms with E-state index in [0.29, 0.717) is 24.7 Å². The molecule has 4 atom stereocenters. The van der Waals surface area contributed by atoms with Crippen LogP contribution in [0, 0.1) is 5.92 Å². The molecule has 1 aliphatic carbocycles. The van der Waals surface area contributed by atoms with Gasteiger partial charge in [-0.05, 0) is 39.7 Å². The van der Waals surface area contributed by atoms with E-state index in [1.807, 2.05) is 6.92 Å². The number of aliphatic hydroxyl groups is 1. The van der Waals surface area contributed by atoms with Crippen LogP contribution in [-0.2, 0) is 23.9 Å². The van der Waals surface area contributed by atoms with Gasteiger partial charge in [-0.1, -0.05) is 24.3 Å². The normalized spacial score (nSPS) is 29.9. The van der Waals surface area contributed by atoms with Gasteiger partial charge in [-0.25, -0.2) is 9.59 Å². The molecule has 6 heteroatoms. The minimum Gasteiger partial charge on any atom is -0.455 e. The first-order valence-corrected chi connectivity index (χ1v) is 8.54. The molecule has 0 radical (unpaired) electrons. The van der Waals surface area contributed by atoms with Crippen LogP contribution >= 0.6 is 0 Å². The highest BCUT2D eigenvalue weighted by Crippen LogP contribution is 2.36. The zero-order valence-corrected chi connectivity index (χ0v) is 15.2. The van der Waals surface area contributed by atoms with Crippen molar-refractivity contribution in [2.24, 2.45) is 5.92 Å². The molecule has 2 aliphatic rings. The van der Waals surface area contributed by atoms with Crippen LogP contribution in [0.25, 0.3) is 0 Å². The third-order valence-corrected chi connectivity index (χ3v) is 4.77. The van der Waals surface area contributed by atoms with Crippen molar-refractivity contribution in [1.29, 1.82) is 0 Å². The number of hydrogen-bond acceptors (Lipinski definition) is 6. The molecule has 1 N–H and O–H groups in total. The summed E-state index contributed by atoms with van der Waals surface area (Å²) in [6, 6.07) is 0. The zero-order chi connectivity index (χ0) is 19.4. The number of esters is 2. The molecule has 26 heavy (non-hydrogen) atoms. The first kappa shape index (κ1) is 19.8. The first-order chi connectivity index (χ1) is 12.3. The zero-order valence-electron chi connectivity index (χ0n) is 15.2. The van der Waals surface area contributed by atoms with Gasteiger partial charge in [0.15, 0.2) is 0 Å². The number of hydrogen-bond donors (Lipinski definition) is 1. The van der Waals surface area contributed by atoms with E-state index < -0.39 is 36.2 Å².